The van der Waals surface area contributed by atoms with Gasteiger partial charge >= 0.3 is 12.4 Å². The molecule has 0 aromatic heterocycles. The van der Waals surface area contributed by atoms with Gasteiger partial charge in [0.25, 0.3) is 0 Å². The molecule has 0 aliphatic heterocycles. The van der Waals surface area contributed by atoms with E-state index < -0.39 is 35.6 Å². The second-order valence-electron chi connectivity index (χ2n) is 7.46. The van der Waals surface area contributed by atoms with Gasteiger partial charge in [0.05, 0.1) is 12.1 Å². The smallest absolute Gasteiger partial charge is 0.381 e. The van der Waals surface area contributed by atoms with Crippen molar-refractivity contribution in [3.05, 3.63) is 64.7 Å². The van der Waals surface area contributed by atoms with E-state index in [0.717, 1.165) is 17.7 Å². The van der Waals surface area contributed by atoms with Crippen molar-refractivity contribution in [1.82, 2.24) is 5.32 Å². The van der Waals surface area contributed by atoms with Gasteiger partial charge in [0.2, 0.25) is 11.5 Å². The summed E-state index contributed by atoms with van der Waals surface area (Å²) in [5.41, 5.74) is -4.08. The summed E-state index contributed by atoms with van der Waals surface area (Å²) in [5, 5.41) is 15.6. The lowest BCUT2D eigenvalue weighted by molar-refractivity contribution is -0.260. The highest BCUT2D eigenvalue weighted by Crippen LogP contribution is 2.41. The molecule has 0 fully saturated rings. The van der Waals surface area contributed by atoms with Crippen LogP contribution in [0.1, 0.15) is 42.0 Å². The normalized spacial score (nSPS) is 14.0. The standard InChI is InChI=1S/C22H24F6N2O2/c1-3-5-19(31)29-12-15-8-9-18(10-14(15)2)30-13-20(32,22(26,27)28)16-6-4-7-17(11-16)21(23,24)25/h4,6-11,30,32H,3,5,12-13H2,1-2H3,(H,29,31)/t20-/m1/s1. The van der Waals surface area contributed by atoms with Crippen molar-refractivity contribution >= 4 is 11.6 Å². The van der Waals surface area contributed by atoms with E-state index in [-0.39, 0.29) is 18.1 Å². The first kappa shape index (κ1) is 25.5. The third-order valence-electron chi connectivity index (χ3n) is 4.98. The first-order valence-corrected chi connectivity index (χ1v) is 9.85. The van der Waals surface area contributed by atoms with Crippen molar-refractivity contribution in [2.75, 3.05) is 11.9 Å². The molecule has 0 aliphatic carbocycles. The van der Waals surface area contributed by atoms with Crippen molar-refractivity contribution in [3.8, 4) is 0 Å². The molecule has 2 aromatic carbocycles. The molecule has 0 heterocycles. The zero-order chi connectivity index (χ0) is 24.2. The first-order chi connectivity index (χ1) is 14.8. The Hall–Kier alpha value is -2.75. The highest BCUT2D eigenvalue weighted by molar-refractivity contribution is 5.75. The van der Waals surface area contributed by atoms with Crippen molar-refractivity contribution in [2.24, 2.45) is 0 Å². The van der Waals surface area contributed by atoms with Gasteiger partial charge in [-0.25, -0.2) is 0 Å². The number of halogens is 6. The van der Waals surface area contributed by atoms with Gasteiger partial charge in [0.15, 0.2) is 0 Å². The molecule has 10 heteroatoms. The number of hydrogen-bond donors (Lipinski definition) is 3. The Balaban J connectivity index is 2.21. The molecular formula is C22H24F6N2O2. The lowest BCUT2D eigenvalue weighted by atomic mass is 9.91. The van der Waals surface area contributed by atoms with Gasteiger partial charge in [-0.05, 0) is 54.3 Å². The summed E-state index contributed by atoms with van der Waals surface area (Å²) in [6.07, 6.45) is -9.01. The van der Waals surface area contributed by atoms with Crippen molar-refractivity contribution in [3.63, 3.8) is 0 Å². The molecule has 2 rings (SSSR count). The molecule has 32 heavy (non-hydrogen) atoms. The number of benzene rings is 2. The van der Waals surface area contributed by atoms with Gasteiger partial charge in [-0.2, -0.15) is 26.3 Å². The van der Waals surface area contributed by atoms with E-state index in [1.807, 2.05) is 6.92 Å². The average molecular weight is 462 g/mol. The van der Waals surface area contributed by atoms with E-state index in [1.54, 1.807) is 13.0 Å². The lowest BCUT2D eigenvalue weighted by Crippen LogP contribution is -2.48. The number of carbonyl (C=O) groups is 1. The summed E-state index contributed by atoms with van der Waals surface area (Å²) in [6.45, 7) is 2.73. The monoisotopic (exact) mass is 462 g/mol. The summed E-state index contributed by atoms with van der Waals surface area (Å²) < 4.78 is 79.9. The number of aliphatic hydroxyl groups is 1. The number of anilines is 1. The second kappa shape index (κ2) is 9.81. The highest BCUT2D eigenvalue weighted by Gasteiger charge is 2.55. The third-order valence-corrected chi connectivity index (χ3v) is 4.98. The second-order valence-corrected chi connectivity index (χ2v) is 7.46. The number of amides is 1. The zero-order valence-electron chi connectivity index (χ0n) is 17.5. The summed E-state index contributed by atoms with van der Waals surface area (Å²) in [5.74, 6) is -0.120. The number of rotatable bonds is 8. The highest BCUT2D eigenvalue weighted by atomic mass is 19.4. The van der Waals surface area contributed by atoms with Crippen LogP contribution in [0, 0.1) is 6.92 Å². The number of alkyl halides is 6. The quantitative estimate of drug-likeness (QED) is 0.467. The molecule has 4 nitrogen and oxygen atoms in total. The predicted molar refractivity (Wildman–Crippen MR) is 108 cm³/mol. The summed E-state index contributed by atoms with van der Waals surface area (Å²) in [7, 11) is 0. The zero-order valence-corrected chi connectivity index (χ0v) is 17.5. The maximum Gasteiger partial charge on any atom is 0.423 e. The number of hydrogen-bond acceptors (Lipinski definition) is 3. The van der Waals surface area contributed by atoms with E-state index in [4.69, 9.17) is 0 Å². The SMILES string of the molecule is CCCC(=O)NCc1ccc(NC[C@@](O)(c2cccc(C(F)(F)F)c2)C(F)(F)F)cc1C. The summed E-state index contributed by atoms with van der Waals surface area (Å²) in [4.78, 5) is 11.6. The molecule has 0 saturated carbocycles. The Morgan fingerprint density at radius 2 is 1.66 bits per heavy atom. The van der Waals surface area contributed by atoms with Crippen molar-refractivity contribution in [1.29, 1.82) is 0 Å². The Labute approximate surface area is 181 Å². The summed E-state index contributed by atoms with van der Waals surface area (Å²) in [6, 6.07) is 7.16. The molecule has 0 radical (unpaired) electrons. The van der Waals surface area contributed by atoms with Crippen LogP contribution in [0.15, 0.2) is 42.5 Å². The molecule has 0 unspecified atom stereocenters. The van der Waals surface area contributed by atoms with Gasteiger partial charge in [-0.1, -0.05) is 25.1 Å². The van der Waals surface area contributed by atoms with Crippen LogP contribution in [-0.2, 0) is 23.1 Å². The van der Waals surface area contributed by atoms with Crippen molar-refractivity contribution < 1.29 is 36.2 Å². The van der Waals surface area contributed by atoms with Gasteiger partial charge in [0.1, 0.15) is 0 Å². The molecule has 1 atom stereocenters. The Kier molecular flexibility index (Phi) is 7.82. The minimum Gasteiger partial charge on any atom is -0.381 e. The molecule has 0 spiro atoms. The minimum atomic E-state index is -5.23. The molecule has 0 saturated heterocycles. The number of aryl methyl sites for hydroxylation is 1. The molecule has 176 valence electrons. The average Bonchev–Trinajstić information content (AvgIpc) is 2.70. The van der Waals surface area contributed by atoms with Crippen LogP contribution in [0.3, 0.4) is 0 Å². The maximum atomic E-state index is 13.7. The number of carbonyl (C=O) groups excluding carboxylic acids is 1. The Morgan fingerprint density at radius 3 is 2.22 bits per heavy atom. The number of nitrogens with one attached hydrogen (secondary N) is 2. The van der Waals surface area contributed by atoms with Crippen LogP contribution < -0.4 is 10.6 Å². The van der Waals surface area contributed by atoms with E-state index in [9.17, 15) is 36.2 Å². The van der Waals surface area contributed by atoms with Crippen molar-refractivity contribution in [2.45, 2.75) is 51.2 Å². The molecular weight excluding hydrogens is 438 g/mol. The van der Waals surface area contributed by atoms with E-state index in [0.29, 0.717) is 30.5 Å². The van der Waals surface area contributed by atoms with E-state index >= 15 is 0 Å². The molecule has 3 N–H and O–H groups in total. The molecule has 0 aliphatic rings. The van der Waals surface area contributed by atoms with Crippen LogP contribution in [0.25, 0.3) is 0 Å². The minimum absolute atomic E-state index is 0.120. The largest absolute Gasteiger partial charge is 0.423 e. The summed E-state index contributed by atoms with van der Waals surface area (Å²) >= 11 is 0. The van der Waals surface area contributed by atoms with Gasteiger partial charge in [-0.3, -0.25) is 4.79 Å². The van der Waals surface area contributed by atoms with E-state index in [2.05, 4.69) is 10.6 Å². The third kappa shape index (κ3) is 6.15. The predicted octanol–water partition coefficient (Wildman–Crippen LogP) is 5.29. The first-order valence-electron chi connectivity index (χ1n) is 9.85. The Morgan fingerprint density at radius 1 is 1.00 bits per heavy atom. The van der Waals surface area contributed by atoms with Crippen LogP contribution in [0.2, 0.25) is 0 Å². The van der Waals surface area contributed by atoms with Gasteiger partial charge in [0, 0.05) is 18.7 Å². The van der Waals surface area contributed by atoms with Crippen LogP contribution in [0.4, 0.5) is 32.0 Å². The molecule has 2 aromatic rings. The maximum absolute atomic E-state index is 13.7. The fourth-order valence-electron chi connectivity index (χ4n) is 3.06. The topological polar surface area (TPSA) is 61.4 Å². The van der Waals surface area contributed by atoms with Gasteiger partial charge < -0.3 is 15.7 Å². The fourth-order valence-corrected chi connectivity index (χ4v) is 3.06. The van der Waals surface area contributed by atoms with E-state index in [1.165, 1.54) is 12.1 Å². The molecule has 1 amide bonds. The lowest BCUT2D eigenvalue weighted by Gasteiger charge is -2.32. The van der Waals surface area contributed by atoms with Crippen LogP contribution in [0.5, 0.6) is 0 Å². The fraction of sp³-hybridized carbons (Fsp3) is 0.409. The van der Waals surface area contributed by atoms with Crippen LogP contribution >= 0.6 is 0 Å². The Bertz CT molecular complexity index is 943. The van der Waals surface area contributed by atoms with Crippen LogP contribution in [-0.4, -0.2) is 23.7 Å². The molecule has 0 bridgehead atoms. The van der Waals surface area contributed by atoms with Gasteiger partial charge in [-0.15, -0.1) is 0 Å².